The molecule has 1 saturated heterocycles. The van der Waals surface area contributed by atoms with Crippen molar-refractivity contribution in [1.29, 1.82) is 0 Å². The van der Waals surface area contributed by atoms with Crippen molar-refractivity contribution < 1.29 is 17.9 Å². The van der Waals surface area contributed by atoms with Crippen molar-refractivity contribution in [3.63, 3.8) is 0 Å². The Kier molecular flexibility index (Phi) is 6.35. The molecule has 0 spiro atoms. The molecule has 1 aliphatic heterocycles. The summed E-state index contributed by atoms with van der Waals surface area (Å²) in [5.41, 5.74) is 1.18. The average molecular weight is 457 g/mol. The van der Waals surface area contributed by atoms with Crippen LogP contribution in [-0.2, 0) is 34.1 Å². The van der Waals surface area contributed by atoms with Crippen LogP contribution in [0.1, 0.15) is 21.6 Å². The largest absolute Gasteiger partial charge is 0.379 e. The summed E-state index contributed by atoms with van der Waals surface area (Å²) in [5, 5.41) is 7.83. The Morgan fingerprint density at radius 2 is 1.66 bits per heavy atom. The number of ether oxygens (including phenoxy) is 1. The predicted octanol–water partition coefficient (Wildman–Crippen LogP) is 1.03. The fourth-order valence-corrected chi connectivity index (χ4v) is 5.27. The number of carbonyl (C=O) groups excluding carboxylic acids is 1. The number of benzene rings is 2. The van der Waals surface area contributed by atoms with Crippen molar-refractivity contribution >= 4 is 26.7 Å². The lowest BCUT2D eigenvalue weighted by atomic mass is 10.1. The molecule has 1 aromatic heterocycles. The van der Waals surface area contributed by atoms with Gasteiger partial charge in [-0.25, -0.2) is 13.1 Å². The van der Waals surface area contributed by atoms with E-state index in [0.717, 1.165) is 4.68 Å². The smallest absolute Gasteiger partial charge is 0.274 e. The molecule has 10 heteroatoms. The summed E-state index contributed by atoms with van der Waals surface area (Å²) in [5.74, 6) is -0.595. The van der Waals surface area contributed by atoms with Gasteiger partial charge in [-0.2, -0.15) is 9.40 Å². The van der Waals surface area contributed by atoms with Gasteiger partial charge in [-0.1, -0.05) is 42.5 Å². The summed E-state index contributed by atoms with van der Waals surface area (Å²) in [6.45, 7) is 1.58. The molecule has 3 aromatic rings. The second-order valence-electron chi connectivity index (χ2n) is 7.54. The monoisotopic (exact) mass is 456 g/mol. The second kappa shape index (κ2) is 9.19. The van der Waals surface area contributed by atoms with E-state index >= 15 is 0 Å². The summed E-state index contributed by atoms with van der Waals surface area (Å²) in [6.07, 6.45) is 0. The van der Waals surface area contributed by atoms with E-state index < -0.39 is 15.9 Å². The Morgan fingerprint density at radius 1 is 1.03 bits per heavy atom. The van der Waals surface area contributed by atoms with Crippen molar-refractivity contribution in [3.05, 3.63) is 75.7 Å². The van der Waals surface area contributed by atoms with Gasteiger partial charge in [0.25, 0.3) is 11.5 Å². The molecular formula is C22H24N4O5S. The number of hydrogen-bond acceptors (Lipinski definition) is 6. The lowest BCUT2D eigenvalue weighted by Crippen LogP contribution is -2.41. The van der Waals surface area contributed by atoms with E-state index in [2.05, 4.69) is 10.4 Å². The average Bonchev–Trinajstić information content (AvgIpc) is 2.81. The van der Waals surface area contributed by atoms with Crippen LogP contribution in [0.5, 0.6) is 0 Å². The quantitative estimate of drug-likeness (QED) is 0.593. The van der Waals surface area contributed by atoms with Gasteiger partial charge in [0, 0.05) is 32.1 Å². The molecule has 1 aliphatic rings. The van der Waals surface area contributed by atoms with Crippen LogP contribution in [0.3, 0.4) is 0 Å². The normalized spacial score (nSPS) is 15.0. The number of nitrogens with one attached hydrogen (secondary N) is 1. The van der Waals surface area contributed by atoms with Crippen LogP contribution in [0, 0.1) is 0 Å². The molecule has 1 N–H and O–H groups in total. The molecule has 2 aromatic carbocycles. The third-order valence-corrected chi connectivity index (χ3v) is 7.26. The van der Waals surface area contributed by atoms with E-state index in [9.17, 15) is 18.0 Å². The predicted molar refractivity (Wildman–Crippen MR) is 120 cm³/mol. The van der Waals surface area contributed by atoms with E-state index in [-0.39, 0.29) is 23.6 Å². The van der Waals surface area contributed by atoms with Gasteiger partial charge in [0.05, 0.1) is 24.4 Å². The number of aromatic nitrogens is 2. The lowest BCUT2D eigenvalue weighted by molar-refractivity contribution is 0.0729. The minimum atomic E-state index is -3.50. The van der Waals surface area contributed by atoms with Gasteiger partial charge in [-0.15, -0.1) is 0 Å². The van der Waals surface area contributed by atoms with E-state index in [1.54, 1.807) is 48.5 Å². The van der Waals surface area contributed by atoms with Crippen LogP contribution in [0.15, 0.2) is 53.3 Å². The maximum absolute atomic E-state index is 12.9. The topological polar surface area (TPSA) is 111 Å². The molecule has 0 saturated carbocycles. The van der Waals surface area contributed by atoms with Crippen LogP contribution in [0.2, 0.25) is 0 Å². The highest BCUT2D eigenvalue weighted by atomic mass is 32.2. The standard InChI is InChI=1S/C22H24N4O5S/c1-25-22(28)19-9-5-4-8-18(19)20(24-25)21(27)23-14-16-6-2-3-7-17(16)15-32(29,30)26-10-12-31-13-11-26/h2-9H,10-15H2,1H3,(H,23,27). The number of fused-ring (bicyclic) bond motifs is 1. The summed E-state index contributed by atoms with van der Waals surface area (Å²) in [6, 6.07) is 13.9. The van der Waals surface area contributed by atoms with Gasteiger partial charge >= 0.3 is 0 Å². The van der Waals surface area contributed by atoms with Gasteiger partial charge in [-0.3, -0.25) is 9.59 Å². The third-order valence-electron chi connectivity index (χ3n) is 5.43. The molecule has 1 amide bonds. The zero-order valence-electron chi connectivity index (χ0n) is 17.7. The number of aryl methyl sites for hydroxylation is 1. The zero-order chi connectivity index (χ0) is 22.7. The second-order valence-corrected chi connectivity index (χ2v) is 9.51. The van der Waals surface area contributed by atoms with Gasteiger partial charge in [-0.05, 0) is 17.2 Å². The molecule has 2 heterocycles. The van der Waals surface area contributed by atoms with Crippen LogP contribution in [0.25, 0.3) is 10.8 Å². The third kappa shape index (κ3) is 4.57. The fraction of sp³-hybridized carbons (Fsp3) is 0.318. The van der Waals surface area contributed by atoms with E-state index in [1.807, 2.05) is 0 Å². The molecule has 0 aliphatic carbocycles. The first-order valence-corrected chi connectivity index (χ1v) is 11.8. The molecule has 0 unspecified atom stereocenters. The summed E-state index contributed by atoms with van der Waals surface area (Å²) < 4.78 is 33.5. The molecular weight excluding hydrogens is 432 g/mol. The molecule has 1 fully saturated rings. The Morgan fingerprint density at radius 3 is 2.38 bits per heavy atom. The fourth-order valence-electron chi connectivity index (χ4n) is 3.71. The first-order chi connectivity index (χ1) is 15.4. The maximum Gasteiger partial charge on any atom is 0.274 e. The zero-order valence-corrected chi connectivity index (χ0v) is 18.5. The number of sulfonamides is 1. The van der Waals surface area contributed by atoms with Gasteiger partial charge in [0.1, 0.15) is 0 Å². The molecule has 0 bridgehead atoms. The number of morpholine rings is 1. The van der Waals surface area contributed by atoms with Crippen LogP contribution in [-0.4, -0.2) is 54.7 Å². The van der Waals surface area contributed by atoms with Crippen LogP contribution >= 0.6 is 0 Å². The van der Waals surface area contributed by atoms with Crippen LogP contribution in [0.4, 0.5) is 0 Å². The molecule has 168 valence electrons. The first-order valence-electron chi connectivity index (χ1n) is 10.2. The van der Waals surface area contributed by atoms with Gasteiger partial charge < -0.3 is 10.1 Å². The number of hydrogen-bond donors (Lipinski definition) is 1. The highest BCUT2D eigenvalue weighted by molar-refractivity contribution is 7.88. The van der Waals surface area contributed by atoms with Crippen LogP contribution < -0.4 is 10.9 Å². The summed E-state index contributed by atoms with van der Waals surface area (Å²) in [4.78, 5) is 25.2. The minimum Gasteiger partial charge on any atom is -0.379 e. The highest BCUT2D eigenvalue weighted by Gasteiger charge is 2.25. The Balaban J connectivity index is 1.54. The van der Waals surface area contributed by atoms with Crippen molar-refractivity contribution in [2.45, 2.75) is 12.3 Å². The van der Waals surface area contributed by atoms with Gasteiger partial charge in [0.15, 0.2) is 5.69 Å². The Hall–Kier alpha value is -3.08. The van der Waals surface area contributed by atoms with Gasteiger partial charge in [0.2, 0.25) is 10.0 Å². The van der Waals surface area contributed by atoms with E-state index in [1.165, 1.54) is 11.4 Å². The first kappa shape index (κ1) is 22.1. The molecule has 9 nitrogen and oxygen atoms in total. The highest BCUT2D eigenvalue weighted by Crippen LogP contribution is 2.17. The minimum absolute atomic E-state index is 0.131. The Bertz CT molecular complexity index is 1310. The summed E-state index contributed by atoms with van der Waals surface area (Å²) in [7, 11) is -2.00. The molecule has 4 rings (SSSR count). The van der Waals surface area contributed by atoms with Crippen molar-refractivity contribution in [2.24, 2.45) is 7.05 Å². The van der Waals surface area contributed by atoms with Crippen molar-refractivity contribution in [3.8, 4) is 0 Å². The number of rotatable bonds is 6. The molecule has 0 atom stereocenters. The van der Waals surface area contributed by atoms with Crippen molar-refractivity contribution in [1.82, 2.24) is 19.4 Å². The number of nitrogens with zero attached hydrogens (tertiary/aromatic N) is 3. The van der Waals surface area contributed by atoms with E-state index in [4.69, 9.17) is 4.74 Å². The molecule has 32 heavy (non-hydrogen) atoms. The Labute approximate surface area is 185 Å². The number of amides is 1. The maximum atomic E-state index is 12.9. The molecule has 0 radical (unpaired) electrons. The van der Waals surface area contributed by atoms with Crippen molar-refractivity contribution in [2.75, 3.05) is 26.3 Å². The van der Waals surface area contributed by atoms with E-state index in [0.29, 0.717) is 48.2 Å². The SMILES string of the molecule is Cn1nc(C(=O)NCc2ccccc2CS(=O)(=O)N2CCOCC2)c2ccccc2c1=O. The number of carbonyl (C=O) groups is 1. The lowest BCUT2D eigenvalue weighted by Gasteiger charge is -2.26. The summed E-state index contributed by atoms with van der Waals surface area (Å²) >= 11 is 0.